The Morgan fingerprint density at radius 2 is 1.62 bits per heavy atom. The molecule has 4 nitrogen and oxygen atoms in total. The van der Waals surface area contributed by atoms with Gasteiger partial charge >= 0.3 is 6.09 Å². The van der Waals surface area contributed by atoms with E-state index in [-0.39, 0.29) is 16.4 Å². The zero-order chi connectivity index (χ0) is 23.6. The van der Waals surface area contributed by atoms with E-state index in [0.717, 1.165) is 0 Å². The fraction of sp³-hybridized carbons (Fsp3) is 0.167. The highest BCUT2D eigenvalue weighted by Gasteiger charge is 2.25. The Morgan fingerprint density at radius 1 is 0.938 bits per heavy atom. The summed E-state index contributed by atoms with van der Waals surface area (Å²) in [7, 11) is 0. The highest BCUT2D eigenvalue weighted by atomic mass is 35.5. The molecule has 0 aliphatic rings. The predicted molar refractivity (Wildman–Crippen MR) is 126 cm³/mol. The number of alkyl halides is 1. The first-order chi connectivity index (χ1) is 15.1. The predicted octanol–water partition coefficient (Wildman–Crippen LogP) is 7.84. The molecule has 3 aromatic carbocycles. The van der Waals surface area contributed by atoms with Gasteiger partial charge in [-0.3, -0.25) is 4.79 Å². The number of carbonyl (C=O) groups is 2. The Bertz CT molecular complexity index is 1200. The summed E-state index contributed by atoms with van der Waals surface area (Å²) < 4.78 is 18.8. The van der Waals surface area contributed by atoms with Crippen LogP contribution < -0.4 is 4.90 Å². The maximum Gasteiger partial charge on any atom is 0.420 e. The molecule has 0 saturated heterocycles. The number of anilines is 2. The van der Waals surface area contributed by atoms with Gasteiger partial charge in [0, 0.05) is 16.1 Å². The Kier molecular flexibility index (Phi) is 7.44. The van der Waals surface area contributed by atoms with Gasteiger partial charge in [-0.15, -0.1) is 0 Å². The average Bonchev–Trinajstić information content (AvgIpc) is 2.69. The van der Waals surface area contributed by atoms with Crippen LogP contribution in [-0.2, 0) is 4.74 Å². The first-order valence-corrected chi connectivity index (χ1v) is 10.8. The third-order valence-electron chi connectivity index (χ3n) is 4.73. The van der Waals surface area contributed by atoms with Gasteiger partial charge in [-0.25, -0.2) is 14.1 Å². The van der Waals surface area contributed by atoms with Crippen molar-refractivity contribution >= 4 is 58.1 Å². The number of ketones is 1. The van der Waals surface area contributed by atoms with Gasteiger partial charge in [0.05, 0.1) is 16.4 Å². The fourth-order valence-electron chi connectivity index (χ4n) is 3.26. The zero-order valence-electron chi connectivity index (χ0n) is 17.5. The van der Waals surface area contributed by atoms with Crippen molar-refractivity contribution in [1.82, 2.24) is 0 Å². The van der Waals surface area contributed by atoms with Gasteiger partial charge in [0.1, 0.15) is 5.82 Å². The Hall–Kier alpha value is -2.60. The number of carbonyl (C=O) groups excluding carboxylic acids is 2. The number of benzene rings is 3. The van der Waals surface area contributed by atoms with Gasteiger partial charge in [0.25, 0.3) is 0 Å². The summed E-state index contributed by atoms with van der Waals surface area (Å²) in [5, 5.41) is 0.663. The molecule has 166 valence electrons. The second kappa shape index (κ2) is 9.90. The number of aryl methyl sites for hydroxylation is 2. The van der Waals surface area contributed by atoms with Crippen molar-refractivity contribution in [1.29, 1.82) is 0 Å². The van der Waals surface area contributed by atoms with Crippen molar-refractivity contribution in [2.75, 3.05) is 4.90 Å². The summed E-state index contributed by atoms with van der Waals surface area (Å²) in [6, 6.07) is 13.5. The molecule has 0 fully saturated rings. The normalized spacial score (nSPS) is 11.7. The molecule has 8 heteroatoms. The number of amides is 1. The van der Waals surface area contributed by atoms with E-state index in [1.165, 1.54) is 42.2 Å². The van der Waals surface area contributed by atoms with Crippen molar-refractivity contribution in [3.05, 3.63) is 92.7 Å². The molecule has 0 radical (unpaired) electrons. The lowest BCUT2D eigenvalue weighted by molar-refractivity contribution is 0.103. The monoisotopic (exact) mass is 493 g/mol. The van der Waals surface area contributed by atoms with E-state index < -0.39 is 17.5 Å². The molecule has 1 unspecified atom stereocenters. The van der Waals surface area contributed by atoms with Crippen LogP contribution in [-0.4, -0.2) is 17.4 Å². The second-order valence-electron chi connectivity index (χ2n) is 7.15. The quantitative estimate of drug-likeness (QED) is 0.268. The molecule has 0 aliphatic carbocycles. The molecule has 1 atom stereocenters. The van der Waals surface area contributed by atoms with Gasteiger partial charge < -0.3 is 4.74 Å². The zero-order valence-corrected chi connectivity index (χ0v) is 19.7. The van der Waals surface area contributed by atoms with Crippen molar-refractivity contribution < 1.29 is 18.7 Å². The van der Waals surface area contributed by atoms with Crippen molar-refractivity contribution in [2.24, 2.45) is 0 Å². The highest BCUT2D eigenvalue weighted by molar-refractivity contribution is 6.35. The van der Waals surface area contributed by atoms with Crippen molar-refractivity contribution in [2.45, 2.75) is 26.3 Å². The molecule has 0 aromatic heterocycles. The largest absolute Gasteiger partial charge is 0.429 e. The van der Waals surface area contributed by atoms with Gasteiger partial charge in [0.2, 0.25) is 0 Å². The highest BCUT2D eigenvalue weighted by Crippen LogP contribution is 2.34. The molecule has 3 aromatic rings. The molecule has 0 spiro atoms. The van der Waals surface area contributed by atoms with E-state index in [4.69, 9.17) is 39.5 Å². The minimum atomic E-state index is -0.894. The van der Waals surface area contributed by atoms with Crippen LogP contribution in [0.15, 0.2) is 54.6 Å². The summed E-state index contributed by atoms with van der Waals surface area (Å²) in [6.07, 6.45) is -0.772. The molecule has 3 rings (SSSR count). The molecule has 0 bridgehead atoms. The molecule has 0 saturated carbocycles. The van der Waals surface area contributed by atoms with Gasteiger partial charge in [-0.1, -0.05) is 34.8 Å². The number of hydrogen-bond donors (Lipinski definition) is 0. The summed E-state index contributed by atoms with van der Waals surface area (Å²) in [4.78, 5) is 27.1. The number of hydrogen-bond acceptors (Lipinski definition) is 3. The summed E-state index contributed by atoms with van der Waals surface area (Å²) in [5.41, 5.74) is 1.76. The number of nitrogens with zero attached hydrogens (tertiary/aromatic N) is 1. The van der Waals surface area contributed by atoms with Crippen molar-refractivity contribution in [3.63, 3.8) is 0 Å². The summed E-state index contributed by atoms with van der Waals surface area (Å²) in [6.45, 7) is 4.94. The maximum absolute atomic E-state index is 13.6. The standard InChI is InChI=1S/C24H19Cl3FNO3/c1-13-10-16(26)4-7-19(13)23(30)20-8-6-18(12-21(20)27)29(24(31)32-15(3)25)22-9-5-17(28)11-14(22)2/h4-12,15H,1-3H3. The van der Waals surface area contributed by atoms with E-state index in [0.29, 0.717) is 33.1 Å². The second-order valence-corrected chi connectivity index (χ2v) is 8.60. The summed E-state index contributed by atoms with van der Waals surface area (Å²) in [5.74, 6) is -0.722. The van der Waals surface area contributed by atoms with Gasteiger partial charge in [-0.2, -0.15) is 0 Å². The first-order valence-electron chi connectivity index (χ1n) is 9.60. The molecule has 0 heterocycles. The third kappa shape index (κ3) is 5.23. The molecule has 0 N–H and O–H groups in total. The molecule has 0 aliphatic heterocycles. The van der Waals surface area contributed by atoms with Crippen LogP contribution >= 0.6 is 34.8 Å². The Balaban J connectivity index is 2.05. The lowest BCUT2D eigenvalue weighted by Gasteiger charge is -2.25. The number of rotatable bonds is 5. The van der Waals surface area contributed by atoms with Gasteiger partial charge in [0.15, 0.2) is 11.3 Å². The topological polar surface area (TPSA) is 46.6 Å². The Labute approximate surface area is 200 Å². The van der Waals surface area contributed by atoms with E-state index in [1.807, 2.05) is 0 Å². The first kappa shape index (κ1) is 24.1. The minimum absolute atomic E-state index is 0.137. The summed E-state index contributed by atoms with van der Waals surface area (Å²) >= 11 is 18.3. The van der Waals surface area contributed by atoms with Crippen LogP contribution in [0.1, 0.15) is 34.0 Å². The van der Waals surface area contributed by atoms with Crippen LogP contribution in [0.4, 0.5) is 20.6 Å². The minimum Gasteiger partial charge on any atom is -0.429 e. The van der Waals surface area contributed by atoms with Gasteiger partial charge in [-0.05, 0) is 86.5 Å². The molecular weight excluding hydrogens is 476 g/mol. The average molecular weight is 495 g/mol. The van der Waals surface area contributed by atoms with Crippen molar-refractivity contribution in [3.8, 4) is 0 Å². The lowest BCUT2D eigenvalue weighted by atomic mass is 9.98. The third-order valence-corrected chi connectivity index (χ3v) is 5.37. The smallest absolute Gasteiger partial charge is 0.420 e. The fourth-order valence-corrected chi connectivity index (χ4v) is 3.82. The lowest BCUT2D eigenvalue weighted by Crippen LogP contribution is -2.29. The van der Waals surface area contributed by atoms with Crippen LogP contribution in [0.2, 0.25) is 10.0 Å². The SMILES string of the molecule is Cc1cc(Cl)ccc1C(=O)c1ccc(N(C(=O)OC(C)Cl)c2ccc(F)cc2C)cc1Cl. The van der Waals surface area contributed by atoms with Crippen LogP contribution in [0.25, 0.3) is 0 Å². The van der Waals surface area contributed by atoms with E-state index >= 15 is 0 Å². The number of ether oxygens (including phenoxy) is 1. The Morgan fingerprint density at radius 3 is 2.22 bits per heavy atom. The van der Waals surface area contributed by atoms with Crippen LogP contribution in [0.3, 0.4) is 0 Å². The van der Waals surface area contributed by atoms with E-state index in [9.17, 15) is 14.0 Å². The maximum atomic E-state index is 13.6. The molecule has 1 amide bonds. The van der Waals surface area contributed by atoms with E-state index in [1.54, 1.807) is 38.1 Å². The number of halogens is 4. The van der Waals surface area contributed by atoms with Crippen LogP contribution in [0, 0.1) is 19.7 Å². The van der Waals surface area contributed by atoms with E-state index in [2.05, 4.69) is 0 Å². The molecule has 32 heavy (non-hydrogen) atoms. The molecular formula is C24H19Cl3FNO3. The van der Waals surface area contributed by atoms with Crippen LogP contribution in [0.5, 0.6) is 0 Å².